The molecule has 1 amide bonds. The fourth-order valence-electron chi connectivity index (χ4n) is 6.57. The maximum atomic E-state index is 13.4. The lowest BCUT2D eigenvalue weighted by Gasteiger charge is -2.55. The van der Waals surface area contributed by atoms with Crippen LogP contribution >= 0.6 is 11.3 Å². The van der Waals surface area contributed by atoms with Crippen molar-refractivity contribution in [3.63, 3.8) is 0 Å². The van der Waals surface area contributed by atoms with E-state index in [9.17, 15) is 23.2 Å². The standard InChI is InChI=1S/C26H28F3N5OS/c1-15-8-17-2-3-19(15)21(32-17)24(35)33-6-4-25(5-7-33)13-34(14-25)22-16(11-30)12-31-23-20(22)9-18(36-23)10-26(27,28)29/h9,12,17,19,21,32H,1-8,10,13-14H2/t17-,19+,21-/m0/s1/i1D2. The molecule has 1 spiro atoms. The lowest BCUT2D eigenvalue weighted by Crippen LogP contribution is -2.64. The summed E-state index contributed by atoms with van der Waals surface area (Å²) in [7, 11) is 0. The minimum atomic E-state index is -4.30. The maximum absolute atomic E-state index is 13.4. The van der Waals surface area contributed by atoms with Gasteiger partial charge in [0.15, 0.2) is 0 Å². The van der Waals surface area contributed by atoms with Gasteiger partial charge in [0.1, 0.15) is 10.9 Å². The Morgan fingerprint density at radius 3 is 2.81 bits per heavy atom. The Labute approximate surface area is 214 Å². The number of amides is 1. The SMILES string of the molecule is [2H]C([2H])=C1C[C@@H]2CC[C@H]1[C@@H](C(=O)N1CCC3(CC1)CN(c1c(C#N)cnc4sc(CC(F)(F)F)cc14)C3)N2. The molecular formula is C26H28F3N5OS. The minimum Gasteiger partial charge on any atom is -0.369 e. The number of rotatable bonds is 3. The summed E-state index contributed by atoms with van der Waals surface area (Å²) in [5.41, 5.74) is 1.82. The fraction of sp³-hybridized carbons (Fsp3) is 0.577. The number of aromatic nitrogens is 1. The van der Waals surface area contributed by atoms with Crippen LogP contribution in [-0.2, 0) is 11.2 Å². The van der Waals surface area contributed by atoms with E-state index in [2.05, 4.69) is 21.3 Å². The van der Waals surface area contributed by atoms with Gasteiger partial charge in [-0.3, -0.25) is 4.79 Å². The van der Waals surface area contributed by atoms with Gasteiger partial charge in [-0.05, 0) is 38.2 Å². The van der Waals surface area contributed by atoms with Gasteiger partial charge in [-0.2, -0.15) is 18.4 Å². The third-order valence-corrected chi connectivity index (χ3v) is 9.45. The zero-order valence-electron chi connectivity index (χ0n) is 21.7. The molecule has 6 nitrogen and oxygen atoms in total. The molecule has 1 N–H and O–H groups in total. The molecule has 2 bridgehead atoms. The Morgan fingerprint density at radius 1 is 1.36 bits per heavy atom. The van der Waals surface area contributed by atoms with Crippen LogP contribution in [0.15, 0.2) is 24.4 Å². The smallest absolute Gasteiger partial charge is 0.369 e. The van der Waals surface area contributed by atoms with E-state index in [4.69, 9.17) is 2.74 Å². The molecular weight excluding hydrogens is 487 g/mol. The first-order chi connectivity index (χ1) is 18.1. The fourth-order valence-corrected chi connectivity index (χ4v) is 7.60. The van der Waals surface area contributed by atoms with Crippen molar-refractivity contribution in [3.05, 3.63) is 34.8 Å². The molecule has 3 atom stereocenters. The molecule has 10 heteroatoms. The van der Waals surface area contributed by atoms with Crippen LogP contribution in [0.4, 0.5) is 18.9 Å². The Balaban J connectivity index is 1.14. The van der Waals surface area contributed by atoms with Crippen molar-refractivity contribution in [2.75, 3.05) is 31.1 Å². The Morgan fingerprint density at radius 2 is 2.14 bits per heavy atom. The van der Waals surface area contributed by atoms with Crippen molar-refractivity contribution in [2.45, 2.75) is 56.8 Å². The van der Waals surface area contributed by atoms with Gasteiger partial charge >= 0.3 is 6.18 Å². The number of fused-ring (bicyclic) bond motifs is 4. The number of hydrogen-bond donors (Lipinski definition) is 1. The predicted molar refractivity (Wildman–Crippen MR) is 132 cm³/mol. The van der Waals surface area contributed by atoms with E-state index < -0.39 is 12.6 Å². The van der Waals surface area contributed by atoms with Gasteiger partial charge in [0.25, 0.3) is 0 Å². The number of alkyl halides is 3. The predicted octanol–water partition coefficient (Wildman–Crippen LogP) is 4.40. The average Bonchev–Trinajstić information content (AvgIpc) is 3.27. The molecule has 7 rings (SSSR count). The van der Waals surface area contributed by atoms with Gasteiger partial charge < -0.3 is 15.1 Å². The van der Waals surface area contributed by atoms with Gasteiger partial charge in [0.05, 0.1) is 26.5 Å². The number of nitrogens with one attached hydrogen (secondary N) is 1. The molecule has 5 aliphatic rings. The van der Waals surface area contributed by atoms with Crippen molar-refractivity contribution in [1.82, 2.24) is 15.2 Å². The summed E-state index contributed by atoms with van der Waals surface area (Å²) in [5.74, 6) is -0.0128. The van der Waals surface area contributed by atoms with E-state index in [0.717, 1.165) is 42.6 Å². The number of hydrogen-bond acceptors (Lipinski definition) is 6. The van der Waals surface area contributed by atoms with Crippen LogP contribution in [0.25, 0.3) is 10.2 Å². The summed E-state index contributed by atoms with van der Waals surface area (Å²) in [6.45, 7) is 2.48. The summed E-state index contributed by atoms with van der Waals surface area (Å²) >= 11 is 1.02. The van der Waals surface area contributed by atoms with E-state index >= 15 is 0 Å². The third-order valence-electron chi connectivity index (χ3n) is 8.41. The summed E-state index contributed by atoms with van der Waals surface area (Å²) < 4.78 is 54.5. The number of anilines is 1. The zero-order chi connectivity index (χ0) is 26.8. The van der Waals surface area contributed by atoms with Crippen molar-refractivity contribution in [1.29, 1.82) is 5.26 Å². The molecule has 4 saturated heterocycles. The second-order valence-corrected chi connectivity index (χ2v) is 11.9. The highest BCUT2D eigenvalue weighted by Crippen LogP contribution is 2.47. The molecule has 36 heavy (non-hydrogen) atoms. The first-order valence-electron chi connectivity index (χ1n) is 13.4. The number of nitrogens with zero attached hydrogens (tertiary/aromatic N) is 4. The molecule has 4 aliphatic heterocycles. The number of carbonyl (C=O) groups is 1. The van der Waals surface area contributed by atoms with E-state index in [1.165, 1.54) is 12.3 Å². The normalized spacial score (nSPS) is 28.1. The molecule has 190 valence electrons. The molecule has 2 aromatic heterocycles. The van der Waals surface area contributed by atoms with Crippen molar-refractivity contribution < 1.29 is 20.7 Å². The molecule has 0 radical (unpaired) electrons. The summed E-state index contributed by atoms with van der Waals surface area (Å²) in [4.78, 5) is 22.3. The molecule has 1 aliphatic carbocycles. The average molecular weight is 518 g/mol. The second-order valence-electron chi connectivity index (χ2n) is 10.8. The summed E-state index contributed by atoms with van der Waals surface area (Å²) in [6, 6.07) is 3.48. The number of nitriles is 1. The van der Waals surface area contributed by atoms with Crippen LogP contribution in [-0.4, -0.2) is 60.2 Å². The van der Waals surface area contributed by atoms with E-state index in [0.29, 0.717) is 54.1 Å². The number of halogens is 3. The quantitative estimate of drug-likeness (QED) is 0.612. The number of piperidine rings is 3. The topological polar surface area (TPSA) is 72.3 Å². The Bertz CT molecular complexity index is 1350. The van der Waals surface area contributed by atoms with Crippen molar-refractivity contribution >= 4 is 33.1 Å². The van der Waals surface area contributed by atoms with Crippen LogP contribution in [0.1, 0.15) is 45.3 Å². The lowest BCUT2D eigenvalue weighted by molar-refractivity contribution is -0.138. The first kappa shape index (κ1) is 21.4. The number of carbonyl (C=O) groups excluding carboxylic acids is 1. The van der Waals surface area contributed by atoms with Gasteiger partial charge in [0, 0.05) is 60.0 Å². The largest absolute Gasteiger partial charge is 0.393 e. The van der Waals surface area contributed by atoms with Gasteiger partial charge in [0.2, 0.25) is 5.91 Å². The van der Waals surface area contributed by atoms with Gasteiger partial charge in [-0.15, -0.1) is 11.3 Å². The molecule has 6 heterocycles. The Kier molecular flexibility index (Phi) is 5.04. The van der Waals surface area contributed by atoms with Crippen LogP contribution in [0.5, 0.6) is 0 Å². The van der Waals surface area contributed by atoms with E-state index in [-0.39, 0.29) is 40.7 Å². The monoisotopic (exact) mass is 517 g/mol. The Hall–Kier alpha value is -2.64. The van der Waals surface area contributed by atoms with Crippen LogP contribution in [0.2, 0.25) is 0 Å². The van der Waals surface area contributed by atoms with E-state index in [1.54, 1.807) is 0 Å². The highest BCUT2D eigenvalue weighted by Gasteiger charge is 2.48. The van der Waals surface area contributed by atoms with Crippen molar-refractivity contribution in [2.24, 2.45) is 11.3 Å². The minimum absolute atomic E-state index is 0.00348. The summed E-state index contributed by atoms with van der Waals surface area (Å²) in [5, 5.41) is 13.7. The molecule has 1 saturated carbocycles. The zero-order valence-corrected chi connectivity index (χ0v) is 20.5. The molecule has 0 unspecified atom stereocenters. The third kappa shape index (κ3) is 4.06. The van der Waals surface area contributed by atoms with Crippen LogP contribution < -0.4 is 10.2 Å². The molecule has 0 aromatic carbocycles. The molecule has 2 aromatic rings. The van der Waals surface area contributed by atoms with E-state index in [1.807, 2.05) is 4.90 Å². The highest BCUT2D eigenvalue weighted by molar-refractivity contribution is 7.18. The van der Waals surface area contributed by atoms with Crippen LogP contribution in [0.3, 0.4) is 0 Å². The summed E-state index contributed by atoms with van der Waals surface area (Å²) in [6.07, 6.45) is 0.267. The highest BCUT2D eigenvalue weighted by atomic mass is 32.1. The van der Waals surface area contributed by atoms with Crippen molar-refractivity contribution in [3.8, 4) is 6.07 Å². The number of likely N-dealkylation sites (tertiary alicyclic amines) is 1. The first-order valence-corrected chi connectivity index (χ1v) is 13.2. The second kappa shape index (κ2) is 8.45. The maximum Gasteiger partial charge on any atom is 0.393 e. The van der Waals surface area contributed by atoms with Gasteiger partial charge in [-0.25, -0.2) is 4.98 Å². The number of pyridine rings is 1. The lowest BCUT2D eigenvalue weighted by atomic mass is 9.70. The molecule has 5 fully saturated rings. The number of thiophene rings is 1. The van der Waals surface area contributed by atoms with Gasteiger partial charge in [-0.1, -0.05) is 12.1 Å². The van der Waals surface area contributed by atoms with Crippen LogP contribution in [0, 0.1) is 22.7 Å².